The Hall–Kier alpha value is 0.440. The summed E-state index contributed by atoms with van der Waals surface area (Å²) in [5, 5.41) is 1.13. The molecule has 0 radical (unpaired) electrons. The van der Waals surface area contributed by atoms with Crippen LogP contribution in [0.3, 0.4) is 0 Å². The number of hydrogen-bond donors (Lipinski definition) is 0. The van der Waals surface area contributed by atoms with Crippen LogP contribution in [0, 0.1) is 17.3 Å². The van der Waals surface area contributed by atoms with Gasteiger partial charge in [0.05, 0.1) is 0 Å². The summed E-state index contributed by atoms with van der Waals surface area (Å²) in [4.78, 5) is 2.66. The van der Waals surface area contributed by atoms with Crippen molar-refractivity contribution >= 4 is 15.9 Å². The van der Waals surface area contributed by atoms with Crippen molar-refractivity contribution in [1.82, 2.24) is 4.90 Å². The topological polar surface area (TPSA) is 3.24 Å². The zero-order valence-corrected chi connectivity index (χ0v) is 12.3. The lowest BCUT2D eigenvalue weighted by Crippen LogP contribution is -2.41. The lowest BCUT2D eigenvalue weighted by Gasteiger charge is -2.37. The van der Waals surface area contributed by atoms with Crippen LogP contribution in [0.5, 0.6) is 0 Å². The van der Waals surface area contributed by atoms with E-state index < -0.39 is 0 Å². The Morgan fingerprint density at radius 3 is 2.53 bits per heavy atom. The van der Waals surface area contributed by atoms with Crippen molar-refractivity contribution in [3.05, 3.63) is 0 Å². The normalized spacial score (nSPS) is 26.6. The second kappa shape index (κ2) is 5.67. The number of rotatable bonds is 3. The van der Waals surface area contributed by atoms with Crippen molar-refractivity contribution in [2.45, 2.75) is 40.5 Å². The molecule has 90 valence electrons. The van der Waals surface area contributed by atoms with Crippen LogP contribution < -0.4 is 0 Å². The van der Waals surface area contributed by atoms with Gasteiger partial charge in [0.15, 0.2) is 0 Å². The summed E-state index contributed by atoms with van der Waals surface area (Å²) in [6.07, 6.45) is 2.81. The van der Waals surface area contributed by atoms with E-state index in [1.165, 1.54) is 32.5 Å². The van der Waals surface area contributed by atoms with Crippen LogP contribution in [0.2, 0.25) is 0 Å². The maximum atomic E-state index is 3.67. The van der Waals surface area contributed by atoms with E-state index in [4.69, 9.17) is 0 Å². The molecule has 1 aliphatic rings. The van der Waals surface area contributed by atoms with Crippen LogP contribution in [0.25, 0.3) is 0 Å². The third kappa shape index (κ3) is 4.44. The minimum Gasteiger partial charge on any atom is -0.303 e. The summed E-state index contributed by atoms with van der Waals surface area (Å²) in [6, 6.07) is 0. The molecule has 1 rings (SSSR count). The van der Waals surface area contributed by atoms with E-state index in [2.05, 4.69) is 48.5 Å². The molecule has 0 spiro atoms. The largest absolute Gasteiger partial charge is 0.303 e. The monoisotopic (exact) mass is 275 g/mol. The molecule has 0 saturated carbocycles. The summed E-state index contributed by atoms with van der Waals surface area (Å²) in [5.74, 6) is 1.66. The summed E-state index contributed by atoms with van der Waals surface area (Å²) in [6.45, 7) is 13.3. The SMILES string of the molecule is CC1CCCN(CC(CBr)C(C)(C)C)C1. The molecule has 1 nitrogen and oxygen atoms in total. The molecule has 0 aromatic carbocycles. The van der Waals surface area contributed by atoms with Crippen LogP contribution in [0.15, 0.2) is 0 Å². The molecule has 1 fully saturated rings. The second-order valence-electron chi connectivity index (χ2n) is 6.22. The van der Waals surface area contributed by atoms with E-state index in [9.17, 15) is 0 Å². The Balaban J connectivity index is 2.44. The third-order valence-electron chi connectivity index (χ3n) is 3.63. The number of hydrogen-bond acceptors (Lipinski definition) is 1. The van der Waals surface area contributed by atoms with Crippen LogP contribution in [0.4, 0.5) is 0 Å². The molecular weight excluding hydrogens is 250 g/mol. The highest BCUT2D eigenvalue weighted by molar-refractivity contribution is 9.09. The van der Waals surface area contributed by atoms with E-state index in [-0.39, 0.29) is 0 Å². The first-order chi connectivity index (χ1) is 6.93. The molecule has 1 heterocycles. The van der Waals surface area contributed by atoms with E-state index in [0.717, 1.165) is 17.2 Å². The Labute approximate surface area is 104 Å². The van der Waals surface area contributed by atoms with Crippen LogP contribution >= 0.6 is 15.9 Å². The van der Waals surface area contributed by atoms with Gasteiger partial charge in [0.1, 0.15) is 0 Å². The van der Waals surface area contributed by atoms with Crippen molar-refractivity contribution in [3.8, 4) is 0 Å². The van der Waals surface area contributed by atoms with Crippen LogP contribution in [0.1, 0.15) is 40.5 Å². The zero-order valence-electron chi connectivity index (χ0n) is 10.7. The van der Waals surface area contributed by atoms with Crippen molar-refractivity contribution in [2.75, 3.05) is 25.0 Å². The highest BCUT2D eigenvalue weighted by Crippen LogP contribution is 2.29. The maximum absolute atomic E-state index is 3.67. The van der Waals surface area contributed by atoms with E-state index in [1.807, 2.05) is 0 Å². The molecule has 2 atom stereocenters. The molecule has 0 amide bonds. The van der Waals surface area contributed by atoms with Gasteiger partial charge in [0.2, 0.25) is 0 Å². The van der Waals surface area contributed by atoms with Gasteiger partial charge in [-0.1, -0.05) is 43.6 Å². The van der Waals surface area contributed by atoms with Gasteiger partial charge in [-0.2, -0.15) is 0 Å². The van der Waals surface area contributed by atoms with Crippen LogP contribution in [-0.4, -0.2) is 29.9 Å². The average Bonchev–Trinajstić information content (AvgIpc) is 2.12. The zero-order chi connectivity index (χ0) is 11.5. The van der Waals surface area contributed by atoms with Gasteiger partial charge in [0.25, 0.3) is 0 Å². The van der Waals surface area contributed by atoms with E-state index >= 15 is 0 Å². The minimum absolute atomic E-state index is 0.421. The van der Waals surface area contributed by atoms with Crippen molar-refractivity contribution in [3.63, 3.8) is 0 Å². The predicted octanol–water partition coefficient (Wildman–Crippen LogP) is 3.78. The Bertz CT molecular complexity index is 185. The first-order valence-electron chi connectivity index (χ1n) is 6.21. The molecule has 0 aromatic rings. The smallest absolute Gasteiger partial charge is 0.00768 e. The Morgan fingerprint density at radius 2 is 2.07 bits per heavy atom. The van der Waals surface area contributed by atoms with Gasteiger partial charge in [0, 0.05) is 18.4 Å². The molecule has 0 aliphatic carbocycles. The molecule has 1 aliphatic heterocycles. The standard InChI is InChI=1S/C13H26BrN/c1-11-6-5-7-15(9-11)10-12(8-14)13(2,3)4/h11-12H,5-10H2,1-4H3. The van der Waals surface area contributed by atoms with Crippen LogP contribution in [-0.2, 0) is 0 Å². The number of nitrogens with zero attached hydrogens (tertiary/aromatic N) is 1. The van der Waals surface area contributed by atoms with E-state index in [1.54, 1.807) is 0 Å². The highest BCUT2D eigenvalue weighted by atomic mass is 79.9. The second-order valence-corrected chi connectivity index (χ2v) is 6.87. The maximum Gasteiger partial charge on any atom is 0.00768 e. The molecule has 1 saturated heterocycles. The first kappa shape index (κ1) is 13.5. The Morgan fingerprint density at radius 1 is 1.40 bits per heavy atom. The molecule has 0 N–H and O–H groups in total. The fourth-order valence-electron chi connectivity index (χ4n) is 2.32. The molecule has 2 heteroatoms. The van der Waals surface area contributed by atoms with Gasteiger partial charge in [-0.25, -0.2) is 0 Å². The van der Waals surface area contributed by atoms with Gasteiger partial charge in [-0.15, -0.1) is 0 Å². The minimum atomic E-state index is 0.421. The molecule has 0 aromatic heterocycles. The lowest BCUT2D eigenvalue weighted by atomic mass is 9.81. The average molecular weight is 276 g/mol. The number of halogens is 1. The fourth-order valence-corrected chi connectivity index (χ4v) is 3.49. The van der Waals surface area contributed by atoms with E-state index in [0.29, 0.717) is 5.41 Å². The van der Waals surface area contributed by atoms with Crippen molar-refractivity contribution in [2.24, 2.45) is 17.3 Å². The predicted molar refractivity (Wildman–Crippen MR) is 71.6 cm³/mol. The highest BCUT2D eigenvalue weighted by Gasteiger charge is 2.27. The van der Waals surface area contributed by atoms with Crippen molar-refractivity contribution < 1.29 is 0 Å². The summed E-state index contributed by atoms with van der Waals surface area (Å²) in [5.41, 5.74) is 0.421. The van der Waals surface area contributed by atoms with Gasteiger partial charge < -0.3 is 4.90 Å². The number of piperidine rings is 1. The van der Waals surface area contributed by atoms with Gasteiger partial charge in [-0.3, -0.25) is 0 Å². The molecule has 0 bridgehead atoms. The molecule has 15 heavy (non-hydrogen) atoms. The Kier molecular flexibility index (Phi) is 5.11. The quantitative estimate of drug-likeness (QED) is 0.709. The van der Waals surface area contributed by atoms with Crippen molar-refractivity contribution in [1.29, 1.82) is 0 Å². The third-order valence-corrected chi connectivity index (χ3v) is 4.41. The van der Waals surface area contributed by atoms with Gasteiger partial charge in [-0.05, 0) is 36.6 Å². The first-order valence-corrected chi connectivity index (χ1v) is 7.34. The lowest BCUT2D eigenvalue weighted by molar-refractivity contribution is 0.124. The fraction of sp³-hybridized carbons (Fsp3) is 1.00. The molecule has 2 unspecified atom stereocenters. The summed E-state index contributed by atoms with van der Waals surface area (Å²) >= 11 is 3.67. The van der Waals surface area contributed by atoms with Gasteiger partial charge >= 0.3 is 0 Å². The molecular formula is C13H26BrN. The number of alkyl halides is 1. The number of likely N-dealkylation sites (tertiary alicyclic amines) is 1. The summed E-state index contributed by atoms with van der Waals surface area (Å²) in [7, 11) is 0. The summed E-state index contributed by atoms with van der Waals surface area (Å²) < 4.78 is 0.